The maximum Gasteiger partial charge on any atom is 0.287 e. The number of quaternary nitrogens is 1. The summed E-state index contributed by atoms with van der Waals surface area (Å²) in [4.78, 5) is 13.2. The van der Waals surface area contributed by atoms with Gasteiger partial charge in [0.2, 0.25) is 0 Å². The number of methoxy groups -OCH3 is 1. The number of carbonyl (C=O) groups excluding carboxylic acids is 1. The van der Waals surface area contributed by atoms with E-state index in [1.165, 1.54) is 5.56 Å². The number of amides is 1. The molecular weight excluding hydrogens is 360 g/mol. The second-order valence-electron chi connectivity index (χ2n) is 7.19. The van der Waals surface area contributed by atoms with Crippen LogP contribution in [0.1, 0.15) is 29.2 Å². The van der Waals surface area contributed by atoms with Gasteiger partial charge in [-0.2, -0.15) is 0 Å². The van der Waals surface area contributed by atoms with Crippen LogP contribution in [0.5, 0.6) is 5.75 Å². The molecule has 29 heavy (non-hydrogen) atoms. The molecular formula is C25H29N2O2+. The monoisotopic (exact) mass is 389 g/mol. The summed E-state index contributed by atoms with van der Waals surface area (Å²) in [7, 11) is 1.62. The molecule has 0 bridgehead atoms. The highest BCUT2D eigenvalue weighted by Gasteiger charge is 2.24. The molecule has 1 atom stereocenters. The quantitative estimate of drug-likeness (QED) is 0.546. The van der Waals surface area contributed by atoms with Gasteiger partial charge in [0.15, 0.2) is 6.04 Å². The van der Waals surface area contributed by atoms with Crippen molar-refractivity contribution < 1.29 is 14.8 Å². The van der Waals surface area contributed by atoms with Gasteiger partial charge in [0.25, 0.3) is 5.91 Å². The lowest BCUT2D eigenvalue weighted by molar-refractivity contribution is -0.682. The second-order valence-corrected chi connectivity index (χ2v) is 7.19. The van der Waals surface area contributed by atoms with Gasteiger partial charge >= 0.3 is 0 Å². The van der Waals surface area contributed by atoms with Crippen molar-refractivity contribution in [2.45, 2.75) is 25.8 Å². The highest BCUT2D eigenvalue weighted by Crippen LogP contribution is 2.26. The third-order valence-corrected chi connectivity index (χ3v) is 4.97. The first-order valence-electron chi connectivity index (χ1n) is 10.0. The summed E-state index contributed by atoms with van der Waals surface area (Å²) >= 11 is 0. The molecule has 0 aliphatic carbocycles. The molecule has 0 fully saturated rings. The molecule has 0 spiro atoms. The average Bonchev–Trinajstić information content (AvgIpc) is 2.75. The van der Waals surface area contributed by atoms with Crippen molar-refractivity contribution in [1.29, 1.82) is 0 Å². The van der Waals surface area contributed by atoms with E-state index in [9.17, 15) is 4.79 Å². The first kappa shape index (κ1) is 20.6. The van der Waals surface area contributed by atoms with Crippen LogP contribution in [-0.4, -0.2) is 19.6 Å². The molecule has 4 nitrogen and oxygen atoms in total. The van der Waals surface area contributed by atoms with Crippen LogP contribution in [0.25, 0.3) is 0 Å². The largest absolute Gasteiger partial charge is 0.495 e. The van der Waals surface area contributed by atoms with Crippen LogP contribution in [0.15, 0.2) is 78.9 Å². The third-order valence-electron chi connectivity index (χ3n) is 4.97. The summed E-state index contributed by atoms with van der Waals surface area (Å²) in [5, 5.41) is 5.19. The van der Waals surface area contributed by atoms with Gasteiger partial charge in [-0.25, -0.2) is 0 Å². The molecule has 150 valence electrons. The predicted octanol–water partition coefficient (Wildman–Crippen LogP) is 3.88. The molecule has 4 heteroatoms. The molecule has 0 unspecified atom stereocenters. The van der Waals surface area contributed by atoms with Crippen LogP contribution < -0.4 is 15.4 Å². The number of aryl methyl sites for hydroxylation is 2. The maximum absolute atomic E-state index is 13.2. The molecule has 0 aliphatic rings. The predicted molar refractivity (Wildman–Crippen MR) is 117 cm³/mol. The Morgan fingerprint density at radius 3 is 2.38 bits per heavy atom. The summed E-state index contributed by atoms with van der Waals surface area (Å²) < 4.78 is 5.41. The van der Waals surface area contributed by atoms with E-state index in [1.807, 2.05) is 61.5 Å². The molecule has 3 N–H and O–H groups in total. The van der Waals surface area contributed by atoms with E-state index >= 15 is 0 Å². The lowest BCUT2D eigenvalue weighted by atomic mass is 10.0. The number of hydrogen-bond acceptors (Lipinski definition) is 2. The number of benzene rings is 3. The molecule has 0 radical (unpaired) electrons. The van der Waals surface area contributed by atoms with Gasteiger partial charge < -0.3 is 15.4 Å². The standard InChI is InChI=1S/C25H28N2O2/c1-19-15-16-23(29-2)22(18-19)27-25(28)24(21-13-7-4-8-14-21)26-17-9-12-20-10-5-3-6-11-20/h3-8,10-11,13-16,18,24,26H,9,12,17H2,1-2H3,(H,27,28)/p+1/t24-/m0/s1. The van der Waals surface area contributed by atoms with Crippen molar-refractivity contribution in [2.75, 3.05) is 19.0 Å². The SMILES string of the molecule is COc1ccc(C)cc1NC(=O)[C@@H]([NH2+]CCCc1ccccc1)c1ccccc1. The lowest BCUT2D eigenvalue weighted by Gasteiger charge is -2.17. The van der Waals surface area contributed by atoms with E-state index in [1.54, 1.807) is 7.11 Å². The summed E-state index contributed by atoms with van der Waals surface area (Å²) in [6.45, 7) is 2.87. The first-order valence-corrected chi connectivity index (χ1v) is 10.0. The minimum absolute atomic E-state index is 0.0418. The molecule has 3 rings (SSSR count). The fourth-order valence-corrected chi connectivity index (χ4v) is 3.42. The van der Waals surface area contributed by atoms with Crippen LogP contribution in [0.3, 0.4) is 0 Å². The highest BCUT2D eigenvalue weighted by molar-refractivity contribution is 5.95. The molecule has 0 aromatic heterocycles. The molecule has 1 amide bonds. The summed E-state index contributed by atoms with van der Waals surface area (Å²) in [5.74, 6) is 0.625. The van der Waals surface area contributed by atoms with Crippen molar-refractivity contribution in [3.63, 3.8) is 0 Å². The molecule has 0 heterocycles. The summed E-state index contributed by atoms with van der Waals surface area (Å²) in [5.41, 5.74) is 4.10. The molecule has 0 saturated heterocycles. The van der Waals surface area contributed by atoms with Crippen LogP contribution >= 0.6 is 0 Å². The number of rotatable bonds is 9. The zero-order chi connectivity index (χ0) is 20.5. The van der Waals surface area contributed by atoms with Gasteiger partial charge in [-0.15, -0.1) is 0 Å². The third kappa shape index (κ3) is 5.93. The maximum atomic E-state index is 13.2. The van der Waals surface area contributed by atoms with E-state index in [0.717, 1.165) is 30.5 Å². The van der Waals surface area contributed by atoms with Gasteiger partial charge in [-0.1, -0.05) is 66.7 Å². The normalized spacial score (nSPS) is 11.7. The van der Waals surface area contributed by atoms with Crippen LogP contribution in [0.4, 0.5) is 5.69 Å². The average molecular weight is 390 g/mol. The molecule has 3 aromatic carbocycles. The Balaban J connectivity index is 1.68. The Labute approximate surface area is 172 Å². The van der Waals surface area contributed by atoms with Crippen LogP contribution in [0, 0.1) is 6.92 Å². The molecule has 0 aliphatic heterocycles. The summed E-state index contributed by atoms with van der Waals surface area (Å²) in [6.07, 6.45) is 2.01. The lowest BCUT2D eigenvalue weighted by Crippen LogP contribution is -2.87. The van der Waals surface area contributed by atoms with Crippen molar-refractivity contribution in [3.8, 4) is 5.75 Å². The topological polar surface area (TPSA) is 54.9 Å². The fraction of sp³-hybridized carbons (Fsp3) is 0.240. The van der Waals surface area contributed by atoms with Crippen molar-refractivity contribution in [3.05, 3.63) is 95.6 Å². The Kier molecular flexibility index (Phi) is 7.42. The van der Waals surface area contributed by atoms with Gasteiger partial charge in [0.1, 0.15) is 5.75 Å². The Hall–Kier alpha value is -3.11. The van der Waals surface area contributed by atoms with E-state index in [2.05, 4.69) is 34.9 Å². The van der Waals surface area contributed by atoms with Crippen molar-refractivity contribution in [1.82, 2.24) is 0 Å². The number of carbonyl (C=O) groups is 1. The molecule has 0 saturated carbocycles. The van der Waals surface area contributed by atoms with Crippen molar-refractivity contribution >= 4 is 11.6 Å². The smallest absolute Gasteiger partial charge is 0.287 e. The van der Waals surface area contributed by atoms with Crippen molar-refractivity contribution in [2.24, 2.45) is 0 Å². The zero-order valence-corrected chi connectivity index (χ0v) is 17.1. The van der Waals surface area contributed by atoms with Gasteiger partial charge in [0.05, 0.1) is 19.3 Å². The second kappa shape index (κ2) is 10.4. The fourth-order valence-electron chi connectivity index (χ4n) is 3.42. The number of anilines is 1. The highest BCUT2D eigenvalue weighted by atomic mass is 16.5. The van der Waals surface area contributed by atoms with Crippen LogP contribution in [-0.2, 0) is 11.2 Å². The minimum atomic E-state index is -0.308. The number of hydrogen-bond donors (Lipinski definition) is 2. The number of ether oxygens (including phenoxy) is 1. The Bertz CT molecular complexity index is 911. The minimum Gasteiger partial charge on any atom is -0.495 e. The van der Waals surface area contributed by atoms with Gasteiger partial charge in [-0.3, -0.25) is 4.79 Å². The van der Waals surface area contributed by atoms with Crippen LogP contribution in [0.2, 0.25) is 0 Å². The van der Waals surface area contributed by atoms with E-state index in [0.29, 0.717) is 11.4 Å². The van der Waals surface area contributed by atoms with Gasteiger partial charge in [0, 0.05) is 12.0 Å². The number of nitrogens with two attached hydrogens (primary N) is 1. The Morgan fingerprint density at radius 1 is 1.00 bits per heavy atom. The van der Waals surface area contributed by atoms with E-state index in [4.69, 9.17) is 4.74 Å². The summed E-state index contributed by atoms with van der Waals surface area (Å²) in [6, 6.07) is 25.9. The first-order chi connectivity index (χ1) is 14.2. The Morgan fingerprint density at radius 2 is 1.69 bits per heavy atom. The van der Waals surface area contributed by atoms with E-state index < -0.39 is 0 Å². The van der Waals surface area contributed by atoms with E-state index in [-0.39, 0.29) is 11.9 Å². The molecule has 3 aromatic rings. The zero-order valence-electron chi connectivity index (χ0n) is 17.1. The number of nitrogens with one attached hydrogen (secondary N) is 1. The van der Waals surface area contributed by atoms with Gasteiger partial charge in [-0.05, 0) is 36.6 Å².